The van der Waals surface area contributed by atoms with Gasteiger partial charge in [-0.1, -0.05) is 0 Å². The number of rotatable bonds is 3. The summed E-state index contributed by atoms with van der Waals surface area (Å²) in [5, 5.41) is 4.45. The Balaban J connectivity index is 2.26. The van der Waals surface area contributed by atoms with Crippen LogP contribution in [0.1, 0.15) is 0 Å². The highest BCUT2D eigenvalue weighted by Crippen LogP contribution is 2.17. The van der Waals surface area contributed by atoms with Crippen molar-refractivity contribution in [3.8, 4) is 0 Å². The Morgan fingerprint density at radius 3 is 3.08 bits per heavy atom. The Kier molecular flexibility index (Phi) is 2.41. The fraction of sp³-hybridized carbons (Fsp3) is 0.200. The Morgan fingerprint density at radius 1 is 1.31 bits per heavy atom. The zero-order valence-electron chi connectivity index (χ0n) is 7.18. The van der Waals surface area contributed by atoms with Gasteiger partial charge < -0.3 is 10.3 Å². The highest BCUT2D eigenvalue weighted by molar-refractivity contribution is 6.18. The molecule has 0 spiro atoms. The van der Waals surface area contributed by atoms with Gasteiger partial charge in [-0.05, 0) is 24.3 Å². The summed E-state index contributed by atoms with van der Waals surface area (Å²) >= 11 is 5.58. The van der Waals surface area contributed by atoms with Crippen LogP contribution in [-0.2, 0) is 0 Å². The molecule has 1 aromatic heterocycles. The van der Waals surface area contributed by atoms with Crippen molar-refractivity contribution in [3.63, 3.8) is 0 Å². The second-order valence-corrected chi connectivity index (χ2v) is 3.27. The van der Waals surface area contributed by atoms with Crippen LogP contribution >= 0.6 is 11.6 Å². The number of alkyl halides is 1. The Labute approximate surface area is 81.9 Å². The number of aromatic amines is 1. The molecule has 2 rings (SSSR count). The summed E-state index contributed by atoms with van der Waals surface area (Å²) in [7, 11) is 0. The van der Waals surface area contributed by atoms with Gasteiger partial charge in [-0.25, -0.2) is 0 Å². The topological polar surface area (TPSA) is 27.8 Å². The molecule has 0 saturated carbocycles. The van der Waals surface area contributed by atoms with Crippen molar-refractivity contribution in [2.75, 3.05) is 17.7 Å². The number of H-pyrrole nitrogens is 1. The van der Waals surface area contributed by atoms with Crippen LogP contribution in [0.2, 0.25) is 0 Å². The van der Waals surface area contributed by atoms with Gasteiger partial charge in [-0.2, -0.15) is 0 Å². The highest BCUT2D eigenvalue weighted by Gasteiger charge is 1.95. The van der Waals surface area contributed by atoms with Gasteiger partial charge in [0.15, 0.2) is 0 Å². The van der Waals surface area contributed by atoms with Crippen LogP contribution in [0.3, 0.4) is 0 Å². The summed E-state index contributed by atoms with van der Waals surface area (Å²) in [6, 6.07) is 8.27. The fourth-order valence-corrected chi connectivity index (χ4v) is 1.45. The molecule has 13 heavy (non-hydrogen) atoms. The van der Waals surface area contributed by atoms with Crippen LogP contribution in [-0.4, -0.2) is 17.4 Å². The zero-order chi connectivity index (χ0) is 9.10. The van der Waals surface area contributed by atoms with E-state index in [0.717, 1.165) is 17.7 Å². The van der Waals surface area contributed by atoms with Gasteiger partial charge in [0.2, 0.25) is 0 Å². The average molecular weight is 195 g/mol. The first-order valence-corrected chi connectivity index (χ1v) is 4.80. The van der Waals surface area contributed by atoms with Crippen molar-refractivity contribution in [2.45, 2.75) is 0 Å². The fourth-order valence-electron chi connectivity index (χ4n) is 1.35. The molecule has 1 aromatic carbocycles. The lowest BCUT2D eigenvalue weighted by molar-refractivity contribution is 1.22. The number of hydrogen-bond acceptors (Lipinski definition) is 1. The lowest BCUT2D eigenvalue weighted by Gasteiger charge is -2.03. The average Bonchev–Trinajstić information content (AvgIpc) is 2.61. The van der Waals surface area contributed by atoms with E-state index in [1.165, 1.54) is 5.39 Å². The van der Waals surface area contributed by atoms with Gasteiger partial charge in [0.25, 0.3) is 0 Å². The summed E-state index contributed by atoms with van der Waals surface area (Å²) in [5.41, 5.74) is 2.28. The van der Waals surface area contributed by atoms with Crippen LogP contribution in [0.25, 0.3) is 10.9 Å². The standard InChI is InChI=1S/C10H11ClN2/c11-4-6-12-9-1-2-10-8(7-9)3-5-13-10/h1-3,5,7,12-13H,4,6H2. The van der Waals surface area contributed by atoms with Crippen molar-refractivity contribution in [2.24, 2.45) is 0 Å². The Morgan fingerprint density at radius 2 is 2.23 bits per heavy atom. The van der Waals surface area contributed by atoms with Crippen molar-refractivity contribution in [3.05, 3.63) is 30.5 Å². The molecule has 0 atom stereocenters. The van der Waals surface area contributed by atoms with E-state index in [1.807, 2.05) is 12.3 Å². The first-order valence-electron chi connectivity index (χ1n) is 4.27. The molecule has 0 aliphatic carbocycles. The van der Waals surface area contributed by atoms with Gasteiger partial charge in [-0.3, -0.25) is 0 Å². The van der Waals surface area contributed by atoms with Gasteiger partial charge in [0.05, 0.1) is 0 Å². The maximum atomic E-state index is 5.58. The molecule has 2 nitrogen and oxygen atoms in total. The van der Waals surface area contributed by atoms with E-state index in [2.05, 4.69) is 28.5 Å². The maximum absolute atomic E-state index is 5.58. The normalized spacial score (nSPS) is 10.5. The van der Waals surface area contributed by atoms with E-state index < -0.39 is 0 Å². The molecule has 0 fully saturated rings. The molecule has 2 aromatic rings. The minimum absolute atomic E-state index is 0.630. The van der Waals surface area contributed by atoms with Crippen LogP contribution in [0, 0.1) is 0 Å². The summed E-state index contributed by atoms with van der Waals surface area (Å²) in [4.78, 5) is 3.15. The first-order chi connectivity index (χ1) is 6.40. The lowest BCUT2D eigenvalue weighted by atomic mass is 10.2. The summed E-state index contributed by atoms with van der Waals surface area (Å²) in [6.07, 6.45) is 1.94. The number of fused-ring (bicyclic) bond motifs is 1. The number of nitrogens with one attached hydrogen (secondary N) is 2. The third-order valence-corrected chi connectivity index (χ3v) is 2.17. The minimum atomic E-state index is 0.630. The molecule has 2 N–H and O–H groups in total. The minimum Gasteiger partial charge on any atom is -0.384 e. The van der Waals surface area contributed by atoms with Crippen molar-refractivity contribution < 1.29 is 0 Å². The van der Waals surface area contributed by atoms with Crippen LogP contribution < -0.4 is 5.32 Å². The second-order valence-electron chi connectivity index (χ2n) is 2.90. The van der Waals surface area contributed by atoms with Gasteiger partial charge in [0.1, 0.15) is 0 Å². The molecular formula is C10H11ClN2. The molecule has 1 heterocycles. The van der Waals surface area contributed by atoms with Crippen LogP contribution in [0.15, 0.2) is 30.5 Å². The van der Waals surface area contributed by atoms with Gasteiger partial charge >= 0.3 is 0 Å². The third-order valence-electron chi connectivity index (χ3n) is 1.98. The Hall–Kier alpha value is -1.15. The Bertz CT molecular complexity index is 394. The molecule has 0 radical (unpaired) electrons. The number of benzene rings is 1. The van der Waals surface area contributed by atoms with E-state index in [9.17, 15) is 0 Å². The predicted molar refractivity (Wildman–Crippen MR) is 57.5 cm³/mol. The van der Waals surface area contributed by atoms with E-state index in [0.29, 0.717) is 5.88 Å². The maximum Gasteiger partial charge on any atom is 0.0455 e. The quantitative estimate of drug-likeness (QED) is 0.723. The largest absolute Gasteiger partial charge is 0.384 e. The number of halogens is 1. The van der Waals surface area contributed by atoms with Crippen molar-refractivity contribution >= 4 is 28.2 Å². The number of aromatic nitrogens is 1. The molecule has 0 unspecified atom stereocenters. The predicted octanol–water partition coefficient (Wildman–Crippen LogP) is 2.82. The molecular weight excluding hydrogens is 184 g/mol. The lowest BCUT2D eigenvalue weighted by Crippen LogP contribution is -2.01. The number of hydrogen-bond donors (Lipinski definition) is 2. The summed E-state index contributed by atoms with van der Waals surface area (Å²) < 4.78 is 0. The molecule has 0 amide bonds. The molecule has 68 valence electrons. The molecule has 0 bridgehead atoms. The van der Waals surface area contributed by atoms with E-state index in [-0.39, 0.29) is 0 Å². The van der Waals surface area contributed by atoms with E-state index in [4.69, 9.17) is 11.6 Å². The molecule has 0 aliphatic rings. The smallest absolute Gasteiger partial charge is 0.0455 e. The van der Waals surface area contributed by atoms with E-state index in [1.54, 1.807) is 0 Å². The number of anilines is 1. The van der Waals surface area contributed by atoms with Crippen LogP contribution in [0.5, 0.6) is 0 Å². The molecule has 0 aliphatic heterocycles. The molecule has 3 heteroatoms. The monoisotopic (exact) mass is 194 g/mol. The van der Waals surface area contributed by atoms with Gasteiger partial charge in [-0.15, -0.1) is 11.6 Å². The highest BCUT2D eigenvalue weighted by atomic mass is 35.5. The third kappa shape index (κ3) is 1.78. The summed E-state index contributed by atoms with van der Waals surface area (Å²) in [6.45, 7) is 0.803. The van der Waals surface area contributed by atoms with E-state index >= 15 is 0 Å². The molecule has 0 saturated heterocycles. The zero-order valence-corrected chi connectivity index (χ0v) is 7.93. The van der Waals surface area contributed by atoms with Crippen molar-refractivity contribution in [1.82, 2.24) is 4.98 Å². The first kappa shape index (κ1) is 8.45. The van der Waals surface area contributed by atoms with Gasteiger partial charge in [0, 0.05) is 35.2 Å². The SMILES string of the molecule is ClCCNc1ccc2[nH]ccc2c1. The summed E-state index contributed by atoms with van der Waals surface area (Å²) in [5.74, 6) is 0.630. The van der Waals surface area contributed by atoms with Crippen LogP contribution in [0.4, 0.5) is 5.69 Å². The van der Waals surface area contributed by atoms with Crippen molar-refractivity contribution in [1.29, 1.82) is 0 Å². The second kappa shape index (κ2) is 3.71.